The first-order valence-electron chi connectivity index (χ1n) is 7.96. The third kappa shape index (κ3) is 3.70. The molecule has 5 nitrogen and oxygen atoms in total. The summed E-state index contributed by atoms with van der Waals surface area (Å²) in [6, 6.07) is 13.4. The van der Waals surface area contributed by atoms with Gasteiger partial charge in [-0.05, 0) is 37.3 Å². The van der Waals surface area contributed by atoms with Crippen molar-refractivity contribution >= 4 is 44.9 Å². The maximum Gasteiger partial charge on any atom is 0.237 e. The van der Waals surface area contributed by atoms with Crippen LogP contribution in [0.4, 0.5) is 0 Å². The van der Waals surface area contributed by atoms with E-state index in [4.69, 9.17) is 20.9 Å². The van der Waals surface area contributed by atoms with Gasteiger partial charge in [0.15, 0.2) is 4.34 Å². The second-order valence-electron chi connectivity index (χ2n) is 5.32. The van der Waals surface area contributed by atoms with E-state index < -0.39 is 0 Å². The van der Waals surface area contributed by atoms with Crippen LogP contribution in [0.5, 0.6) is 5.75 Å². The molecular formula is C18H14ClN3O2S2. The van der Waals surface area contributed by atoms with Crippen LogP contribution in [0.2, 0.25) is 5.02 Å². The summed E-state index contributed by atoms with van der Waals surface area (Å²) in [5, 5.41) is 4.77. The average molecular weight is 404 g/mol. The van der Waals surface area contributed by atoms with Gasteiger partial charge in [0, 0.05) is 5.02 Å². The summed E-state index contributed by atoms with van der Waals surface area (Å²) in [6.07, 6.45) is 0. The number of thiazole rings is 1. The number of nitrogens with zero attached hydrogens (tertiary/aromatic N) is 3. The summed E-state index contributed by atoms with van der Waals surface area (Å²) in [6.45, 7) is 2.53. The van der Waals surface area contributed by atoms with E-state index in [0.29, 0.717) is 29.1 Å². The van der Waals surface area contributed by atoms with E-state index in [1.807, 2.05) is 49.4 Å². The molecule has 0 saturated carbocycles. The van der Waals surface area contributed by atoms with Crippen LogP contribution >= 0.6 is 34.7 Å². The molecule has 2 aromatic carbocycles. The third-order valence-corrected chi connectivity index (χ3v) is 5.94. The maximum atomic E-state index is 6.01. The molecule has 0 fully saturated rings. The fourth-order valence-corrected chi connectivity index (χ4v) is 4.47. The second-order valence-corrected chi connectivity index (χ2v) is 8.01. The number of thioether (sulfide) groups is 1. The van der Waals surface area contributed by atoms with Crippen molar-refractivity contribution in [1.29, 1.82) is 0 Å². The molecule has 0 saturated heterocycles. The number of rotatable bonds is 6. The van der Waals surface area contributed by atoms with E-state index in [9.17, 15) is 0 Å². The third-order valence-electron chi connectivity index (χ3n) is 3.55. The van der Waals surface area contributed by atoms with Crippen LogP contribution in [-0.4, -0.2) is 21.7 Å². The Kier molecular flexibility index (Phi) is 5.10. The molecule has 0 aliphatic rings. The Hall–Kier alpha value is -2.09. The minimum atomic E-state index is 0.528. The van der Waals surface area contributed by atoms with E-state index in [1.54, 1.807) is 23.1 Å². The Balaban J connectivity index is 1.50. The molecule has 4 rings (SSSR count). The summed E-state index contributed by atoms with van der Waals surface area (Å²) >= 11 is 9.20. The number of hydrogen-bond acceptors (Lipinski definition) is 7. The van der Waals surface area contributed by atoms with Crippen molar-refractivity contribution in [1.82, 2.24) is 15.1 Å². The first-order chi connectivity index (χ1) is 12.7. The van der Waals surface area contributed by atoms with Crippen LogP contribution in [0, 0.1) is 0 Å². The van der Waals surface area contributed by atoms with E-state index in [2.05, 4.69) is 15.1 Å². The predicted molar refractivity (Wildman–Crippen MR) is 105 cm³/mol. The molecule has 132 valence electrons. The van der Waals surface area contributed by atoms with Gasteiger partial charge in [-0.25, -0.2) is 4.98 Å². The zero-order chi connectivity index (χ0) is 17.9. The zero-order valence-corrected chi connectivity index (χ0v) is 16.2. The van der Waals surface area contributed by atoms with Gasteiger partial charge in [-0.2, -0.15) is 4.98 Å². The highest BCUT2D eigenvalue weighted by Crippen LogP contribution is 2.33. The van der Waals surface area contributed by atoms with Gasteiger partial charge in [0.05, 0.1) is 28.1 Å². The van der Waals surface area contributed by atoms with Crippen LogP contribution in [0.1, 0.15) is 12.8 Å². The maximum absolute atomic E-state index is 6.01. The Morgan fingerprint density at radius 2 is 2.08 bits per heavy atom. The molecule has 2 aromatic heterocycles. The molecule has 0 unspecified atom stereocenters. The van der Waals surface area contributed by atoms with Gasteiger partial charge in [-0.15, -0.1) is 11.3 Å². The Labute approximate surface area is 163 Å². The zero-order valence-electron chi connectivity index (χ0n) is 13.8. The molecule has 0 spiro atoms. The molecule has 0 radical (unpaired) electrons. The molecule has 0 atom stereocenters. The SMILES string of the molecule is CCOc1ccccc1-c1noc(CSc2nc3cc(Cl)ccc3s2)n1. The molecule has 4 aromatic rings. The molecule has 2 heterocycles. The van der Waals surface area contributed by atoms with Gasteiger partial charge in [0.1, 0.15) is 5.75 Å². The van der Waals surface area contributed by atoms with Crippen molar-refractivity contribution in [3.05, 3.63) is 53.4 Å². The van der Waals surface area contributed by atoms with Crippen LogP contribution in [-0.2, 0) is 5.75 Å². The van der Waals surface area contributed by atoms with E-state index in [1.165, 1.54) is 0 Å². The summed E-state index contributed by atoms with van der Waals surface area (Å²) < 4.78 is 13.1. The minimum absolute atomic E-state index is 0.528. The monoisotopic (exact) mass is 403 g/mol. The topological polar surface area (TPSA) is 61.0 Å². The molecule has 0 amide bonds. The van der Waals surface area contributed by atoms with E-state index in [0.717, 1.165) is 25.9 Å². The fourth-order valence-electron chi connectivity index (χ4n) is 2.42. The van der Waals surface area contributed by atoms with Gasteiger partial charge < -0.3 is 9.26 Å². The molecule has 0 bridgehead atoms. The lowest BCUT2D eigenvalue weighted by molar-refractivity contribution is 0.341. The van der Waals surface area contributed by atoms with Crippen molar-refractivity contribution in [2.24, 2.45) is 0 Å². The van der Waals surface area contributed by atoms with E-state index in [-0.39, 0.29) is 0 Å². The average Bonchev–Trinajstić information content (AvgIpc) is 3.27. The lowest BCUT2D eigenvalue weighted by atomic mass is 10.2. The Morgan fingerprint density at radius 3 is 2.96 bits per heavy atom. The van der Waals surface area contributed by atoms with Gasteiger partial charge in [0.25, 0.3) is 0 Å². The molecule has 0 aliphatic carbocycles. The highest BCUT2D eigenvalue weighted by atomic mass is 35.5. The van der Waals surface area contributed by atoms with Gasteiger partial charge >= 0.3 is 0 Å². The lowest BCUT2D eigenvalue weighted by Gasteiger charge is -2.05. The number of hydrogen-bond donors (Lipinski definition) is 0. The van der Waals surface area contributed by atoms with Crippen molar-refractivity contribution in [3.8, 4) is 17.1 Å². The number of benzene rings is 2. The first kappa shape index (κ1) is 17.3. The van der Waals surface area contributed by atoms with Crippen molar-refractivity contribution in [3.63, 3.8) is 0 Å². The normalized spacial score (nSPS) is 11.2. The van der Waals surface area contributed by atoms with Crippen molar-refractivity contribution in [2.75, 3.05) is 6.61 Å². The first-order valence-corrected chi connectivity index (χ1v) is 10.1. The second kappa shape index (κ2) is 7.65. The van der Waals surface area contributed by atoms with Gasteiger partial charge in [-0.3, -0.25) is 0 Å². The fraction of sp³-hybridized carbons (Fsp3) is 0.167. The van der Waals surface area contributed by atoms with Crippen LogP contribution in [0.3, 0.4) is 0 Å². The number of halogens is 1. The Morgan fingerprint density at radius 1 is 1.19 bits per heavy atom. The number of aromatic nitrogens is 3. The number of ether oxygens (including phenoxy) is 1. The predicted octanol–water partition coefficient (Wildman–Crippen LogP) is 5.69. The van der Waals surface area contributed by atoms with Gasteiger partial charge in [0.2, 0.25) is 11.7 Å². The molecule has 0 aliphatic heterocycles. The summed E-state index contributed by atoms with van der Waals surface area (Å²) in [4.78, 5) is 9.06. The smallest absolute Gasteiger partial charge is 0.237 e. The molecular weight excluding hydrogens is 390 g/mol. The number of para-hydroxylation sites is 1. The van der Waals surface area contributed by atoms with E-state index >= 15 is 0 Å². The van der Waals surface area contributed by atoms with Crippen LogP contribution in [0.25, 0.3) is 21.6 Å². The van der Waals surface area contributed by atoms with Crippen LogP contribution in [0.15, 0.2) is 51.3 Å². The summed E-state index contributed by atoms with van der Waals surface area (Å²) in [5.74, 6) is 2.38. The summed E-state index contributed by atoms with van der Waals surface area (Å²) in [7, 11) is 0. The number of fused-ring (bicyclic) bond motifs is 1. The molecule has 0 N–H and O–H groups in total. The van der Waals surface area contributed by atoms with Crippen molar-refractivity contribution in [2.45, 2.75) is 17.0 Å². The molecule has 26 heavy (non-hydrogen) atoms. The largest absolute Gasteiger partial charge is 0.493 e. The molecule has 8 heteroatoms. The quantitative estimate of drug-likeness (QED) is 0.385. The lowest BCUT2D eigenvalue weighted by Crippen LogP contribution is -1.94. The Bertz CT molecular complexity index is 1050. The van der Waals surface area contributed by atoms with Gasteiger partial charge in [-0.1, -0.05) is 40.7 Å². The van der Waals surface area contributed by atoms with Crippen molar-refractivity contribution < 1.29 is 9.26 Å². The highest BCUT2D eigenvalue weighted by Gasteiger charge is 2.14. The highest BCUT2D eigenvalue weighted by molar-refractivity contribution is 8.00. The standard InChI is InChI=1S/C18H14ClN3O2S2/c1-2-23-14-6-4-3-5-12(14)17-21-16(24-22-17)10-25-18-20-13-9-11(19)7-8-15(13)26-18/h3-9H,2,10H2,1H3. The minimum Gasteiger partial charge on any atom is -0.493 e. The summed E-state index contributed by atoms with van der Waals surface area (Å²) in [5.41, 5.74) is 1.73. The van der Waals surface area contributed by atoms with Crippen LogP contribution < -0.4 is 4.74 Å².